The molecule has 1 aliphatic rings. The maximum atomic E-state index is 12.9. The first-order chi connectivity index (χ1) is 15.3. The number of amides is 3. The number of hydrogen-bond donors (Lipinski definition) is 3. The van der Waals surface area contributed by atoms with Crippen molar-refractivity contribution in [1.29, 1.82) is 0 Å². The number of primary amides is 1. The molecule has 3 amide bonds. The molecule has 2 aromatic rings. The molecule has 0 radical (unpaired) electrons. The highest BCUT2D eigenvalue weighted by atomic mass is 16.2. The van der Waals surface area contributed by atoms with Crippen LogP contribution in [0.15, 0.2) is 42.6 Å². The van der Waals surface area contributed by atoms with E-state index < -0.39 is 6.04 Å². The summed E-state index contributed by atoms with van der Waals surface area (Å²) in [5.41, 5.74) is 7.40. The first-order valence-corrected chi connectivity index (χ1v) is 10.9. The Bertz CT molecular complexity index is 974. The van der Waals surface area contributed by atoms with Gasteiger partial charge in [-0.05, 0) is 49.4 Å². The van der Waals surface area contributed by atoms with Crippen molar-refractivity contribution in [2.75, 3.05) is 23.3 Å². The molecule has 2 unspecified atom stereocenters. The van der Waals surface area contributed by atoms with Crippen molar-refractivity contribution in [3.05, 3.63) is 53.7 Å². The van der Waals surface area contributed by atoms with Crippen LogP contribution in [0.2, 0.25) is 0 Å². The first-order valence-electron chi connectivity index (χ1n) is 10.9. The fourth-order valence-corrected chi connectivity index (χ4v) is 3.87. The number of carbonyl (C=O) groups is 3. The zero-order chi connectivity index (χ0) is 23.3. The fraction of sp³-hybridized carbons (Fsp3) is 0.417. The van der Waals surface area contributed by atoms with E-state index in [1.165, 1.54) is 0 Å². The number of nitrogens with one attached hydrogen (secondary N) is 2. The van der Waals surface area contributed by atoms with Gasteiger partial charge in [0.15, 0.2) is 0 Å². The van der Waals surface area contributed by atoms with Crippen molar-refractivity contribution >= 4 is 29.2 Å². The van der Waals surface area contributed by atoms with Crippen molar-refractivity contribution in [3.8, 4) is 0 Å². The summed E-state index contributed by atoms with van der Waals surface area (Å²) in [6, 6.07) is 10.2. The monoisotopic (exact) mass is 437 g/mol. The van der Waals surface area contributed by atoms with Crippen LogP contribution in [-0.2, 0) is 9.59 Å². The van der Waals surface area contributed by atoms with Crippen molar-refractivity contribution in [3.63, 3.8) is 0 Å². The molecule has 1 aromatic heterocycles. The lowest BCUT2D eigenvalue weighted by Gasteiger charge is -2.32. The second-order valence-corrected chi connectivity index (χ2v) is 8.59. The Labute approximate surface area is 188 Å². The summed E-state index contributed by atoms with van der Waals surface area (Å²) >= 11 is 0. The van der Waals surface area contributed by atoms with Crippen LogP contribution in [0.25, 0.3) is 0 Å². The number of aromatic nitrogens is 1. The first kappa shape index (κ1) is 23.2. The van der Waals surface area contributed by atoms with E-state index in [1.807, 2.05) is 43.9 Å². The van der Waals surface area contributed by atoms with Gasteiger partial charge in [0.2, 0.25) is 11.8 Å². The van der Waals surface area contributed by atoms with Crippen LogP contribution in [0, 0.1) is 18.8 Å². The molecule has 8 heteroatoms. The summed E-state index contributed by atoms with van der Waals surface area (Å²) in [7, 11) is 0. The summed E-state index contributed by atoms with van der Waals surface area (Å²) < 4.78 is 0. The van der Waals surface area contributed by atoms with Gasteiger partial charge in [0.1, 0.15) is 11.9 Å². The summed E-state index contributed by atoms with van der Waals surface area (Å²) in [4.78, 5) is 43.6. The number of anilines is 2. The number of carbonyl (C=O) groups excluding carboxylic acids is 3. The average Bonchev–Trinajstić information content (AvgIpc) is 2.78. The maximum absolute atomic E-state index is 12.9. The second kappa shape index (κ2) is 10.3. The van der Waals surface area contributed by atoms with E-state index in [-0.39, 0.29) is 29.6 Å². The summed E-state index contributed by atoms with van der Waals surface area (Å²) in [5.74, 6) is -0.404. The number of hydrogen-bond acceptors (Lipinski definition) is 5. The quantitative estimate of drug-likeness (QED) is 0.615. The zero-order valence-corrected chi connectivity index (χ0v) is 18.8. The van der Waals surface area contributed by atoms with Gasteiger partial charge in [-0.2, -0.15) is 0 Å². The largest absolute Gasteiger partial charge is 0.369 e. The van der Waals surface area contributed by atoms with Gasteiger partial charge in [0.05, 0.1) is 17.8 Å². The second-order valence-electron chi connectivity index (χ2n) is 8.59. The summed E-state index contributed by atoms with van der Waals surface area (Å²) in [6.45, 7) is 6.99. The molecule has 170 valence electrons. The highest BCUT2D eigenvalue weighted by molar-refractivity contribution is 6.01. The third-order valence-corrected chi connectivity index (χ3v) is 5.79. The minimum absolute atomic E-state index is 0.103. The standard InChI is InChI=1S/C24H31N5O3/c1-15(2)21(28-23(31)19-9-5-4-7-16(19)3)24(32)27-18-10-11-20(26-13-18)29-12-6-8-17(14-29)22(25)30/h4-5,7,9-11,13,15,17,21H,6,8,12,14H2,1-3H3,(H2,25,30)(H,27,32)(H,28,31). The van der Waals surface area contributed by atoms with E-state index in [9.17, 15) is 14.4 Å². The lowest BCUT2D eigenvalue weighted by atomic mass is 9.97. The highest BCUT2D eigenvalue weighted by Crippen LogP contribution is 2.22. The van der Waals surface area contributed by atoms with E-state index in [2.05, 4.69) is 15.6 Å². The number of nitrogens with zero attached hydrogens (tertiary/aromatic N) is 2. The third-order valence-electron chi connectivity index (χ3n) is 5.79. The molecule has 2 atom stereocenters. The van der Waals surface area contributed by atoms with Crippen LogP contribution >= 0.6 is 0 Å². The molecule has 3 rings (SSSR count). The Morgan fingerprint density at radius 1 is 1.16 bits per heavy atom. The van der Waals surface area contributed by atoms with E-state index >= 15 is 0 Å². The lowest BCUT2D eigenvalue weighted by molar-refractivity contribution is -0.122. The molecule has 2 heterocycles. The molecule has 32 heavy (non-hydrogen) atoms. The molecule has 4 N–H and O–H groups in total. The van der Waals surface area contributed by atoms with Crippen molar-refractivity contribution < 1.29 is 14.4 Å². The average molecular weight is 438 g/mol. The Kier molecular flexibility index (Phi) is 7.45. The Balaban J connectivity index is 1.64. The Morgan fingerprint density at radius 2 is 1.91 bits per heavy atom. The van der Waals surface area contributed by atoms with Crippen LogP contribution in [0.5, 0.6) is 0 Å². The predicted molar refractivity (Wildman–Crippen MR) is 124 cm³/mol. The Morgan fingerprint density at radius 3 is 2.53 bits per heavy atom. The number of aryl methyl sites for hydroxylation is 1. The van der Waals surface area contributed by atoms with Crippen LogP contribution in [0.4, 0.5) is 11.5 Å². The topological polar surface area (TPSA) is 117 Å². The van der Waals surface area contributed by atoms with E-state index in [0.29, 0.717) is 17.8 Å². The molecule has 0 spiro atoms. The van der Waals surface area contributed by atoms with Gasteiger partial charge in [-0.3, -0.25) is 14.4 Å². The van der Waals surface area contributed by atoms with Gasteiger partial charge < -0.3 is 21.3 Å². The molecule has 1 fully saturated rings. The van der Waals surface area contributed by atoms with Crippen LogP contribution in [0.3, 0.4) is 0 Å². The predicted octanol–water partition coefficient (Wildman–Crippen LogP) is 2.48. The van der Waals surface area contributed by atoms with Crippen LogP contribution in [-0.4, -0.2) is 41.8 Å². The SMILES string of the molecule is Cc1ccccc1C(=O)NC(C(=O)Nc1ccc(N2CCCC(C(N)=O)C2)nc1)C(C)C. The molecule has 8 nitrogen and oxygen atoms in total. The van der Waals surface area contributed by atoms with Gasteiger partial charge in [-0.25, -0.2) is 4.98 Å². The van der Waals surface area contributed by atoms with E-state index in [1.54, 1.807) is 24.4 Å². The molecule has 0 saturated carbocycles. The minimum atomic E-state index is -0.694. The Hall–Kier alpha value is -3.42. The fourth-order valence-electron chi connectivity index (χ4n) is 3.87. The highest BCUT2D eigenvalue weighted by Gasteiger charge is 2.26. The number of benzene rings is 1. The number of rotatable bonds is 7. The van der Waals surface area contributed by atoms with Gasteiger partial charge in [0, 0.05) is 18.7 Å². The number of piperidine rings is 1. The smallest absolute Gasteiger partial charge is 0.252 e. The van der Waals surface area contributed by atoms with Crippen LogP contribution in [0.1, 0.15) is 42.6 Å². The molecule has 1 aliphatic heterocycles. The van der Waals surface area contributed by atoms with E-state index in [0.717, 1.165) is 30.8 Å². The molecule has 1 aromatic carbocycles. The van der Waals surface area contributed by atoms with Crippen molar-refractivity contribution in [1.82, 2.24) is 10.3 Å². The van der Waals surface area contributed by atoms with Gasteiger partial charge in [-0.1, -0.05) is 32.0 Å². The molecule has 1 saturated heterocycles. The number of nitrogens with two attached hydrogens (primary N) is 1. The molecular weight excluding hydrogens is 406 g/mol. The molecular formula is C24H31N5O3. The summed E-state index contributed by atoms with van der Waals surface area (Å²) in [6.07, 6.45) is 3.26. The lowest BCUT2D eigenvalue weighted by Crippen LogP contribution is -2.47. The van der Waals surface area contributed by atoms with Gasteiger partial charge >= 0.3 is 0 Å². The third kappa shape index (κ3) is 5.63. The minimum Gasteiger partial charge on any atom is -0.369 e. The normalized spacial score (nSPS) is 17.0. The van der Waals surface area contributed by atoms with Gasteiger partial charge in [0.25, 0.3) is 5.91 Å². The summed E-state index contributed by atoms with van der Waals surface area (Å²) in [5, 5.41) is 5.69. The van der Waals surface area contributed by atoms with Crippen LogP contribution < -0.4 is 21.3 Å². The van der Waals surface area contributed by atoms with Crippen molar-refractivity contribution in [2.45, 2.75) is 39.7 Å². The maximum Gasteiger partial charge on any atom is 0.252 e. The van der Waals surface area contributed by atoms with E-state index in [4.69, 9.17) is 5.73 Å². The van der Waals surface area contributed by atoms with Crippen molar-refractivity contribution in [2.24, 2.45) is 17.6 Å². The van der Waals surface area contributed by atoms with Gasteiger partial charge in [-0.15, -0.1) is 0 Å². The number of pyridine rings is 1. The molecule has 0 bridgehead atoms. The molecule has 0 aliphatic carbocycles. The zero-order valence-electron chi connectivity index (χ0n) is 18.8.